The minimum atomic E-state index is -0.432. The molecule has 3 rings (SSSR count). The number of carbonyl (C=O) groups excluding carboxylic acids is 1. The van der Waals surface area contributed by atoms with Crippen molar-refractivity contribution in [3.05, 3.63) is 24.2 Å². The number of amides is 1. The molecule has 1 N–H and O–H groups in total. The van der Waals surface area contributed by atoms with Crippen molar-refractivity contribution in [2.24, 2.45) is 5.41 Å². The molecule has 21 heavy (non-hydrogen) atoms. The second-order valence-electron chi connectivity index (χ2n) is 6.37. The van der Waals surface area contributed by atoms with E-state index in [1.807, 2.05) is 26.8 Å². The fourth-order valence-corrected chi connectivity index (χ4v) is 2.49. The average Bonchev–Trinajstić information content (AvgIpc) is 3.17. The maximum absolute atomic E-state index is 11.9. The molecule has 0 spiro atoms. The summed E-state index contributed by atoms with van der Waals surface area (Å²) in [6.07, 6.45) is 4.13. The monoisotopic (exact) mass is 302 g/mol. The number of pyridine rings is 1. The van der Waals surface area contributed by atoms with Gasteiger partial charge in [0.2, 0.25) is 5.91 Å². The first-order chi connectivity index (χ1) is 9.93. The van der Waals surface area contributed by atoms with E-state index in [0.29, 0.717) is 11.7 Å². The van der Waals surface area contributed by atoms with E-state index in [9.17, 15) is 4.79 Å². The Balaban J connectivity index is 1.72. The number of hydrogen-bond donors (Lipinski definition) is 1. The molecule has 0 saturated heterocycles. The lowest BCUT2D eigenvalue weighted by Crippen LogP contribution is -2.27. The van der Waals surface area contributed by atoms with Crippen LogP contribution in [0.3, 0.4) is 0 Å². The van der Waals surface area contributed by atoms with Crippen LogP contribution >= 0.6 is 11.5 Å². The van der Waals surface area contributed by atoms with Gasteiger partial charge in [0.15, 0.2) is 0 Å². The molecule has 0 aromatic carbocycles. The molecule has 0 atom stereocenters. The lowest BCUT2D eigenvalue weighted by molar-refractivity contribution is -0.123. The summed E-state index contributed by atoms with van der Waals surface area (Å²) >= 11 is 1.41. The fourth-order valence-electron chi connectivity index (χ4n) is 1.76. The number of aromatic nitrogens is 3. The summed E-state index contributed by atoms with van der Waals surface area (Å²) in [6, 6.07) is 3.72. The molecule has 0 bridgehead atoms. The summed E-state index contributed by atoms with van der Waals surface area (Å²) in [4.78, 5) is 20.7. The van der Waals surface area contributed by atoms with E-state index in [4.69, 9.17) is 0 Å². The van der Waals surface area contributed by atoms with Gasteiger partial charge in [0.1, 0.15) is 16.6 Å². The van der Waals surface area contributed by atoms with Crippen LogP contribution in [0.25, 0.3) is 10.6 Å². The van der Waals surface area contributed by atoms with E-state index < -0.39 is 5.41 Å². The topological polar surface area (TPSA) is 67.8 Å². The van der Waals surface area contributed by atoms with Crippen LogP contribution in [-0.2, 0) is 4.79 Å². The SMILES string of the molecule is CC(C)(C)C(=O)Nc1ccc(-c2nc(C3CC3)ns2)cn1. The van der Waals surface area contributed by atoms with Crippen molar-refractivity contribution in [1.82, 2.24) is 14.3 Å². The predicted molar refractivity (Wildman–Crippen MR) is 83.2 cm³/mol. The van der Waals surface area contributed by atoms with Gasteiger partial charge in [-0.25, -0.2) is 9.97 Å². The summed E-state index contributed by atoms with van der Waals surface area (Å²) < 4.78 is 4.39. The Morgan fingerprint density at radius 1 is 1.33 bits per heavy atom. The molecule has 2 aromatic rings. The van der Waals surface area contributed by atoms with Crippen LogP contribution in [-0.4, -0.2) is 20.2 Å². The summed E-state index contributed by atoms with van der Waals surface area (Å²) in [5.41, 5.74) is 0.506. The number of hydrogen-bond acceptors (Lipinski definition) is 5. The van der Waals surface area contributed by atoms with Gasteiger partial charge in [-0.15, -0.1) is 0 Å². The second kappa shape index (κ2) is 5.18. The number of carbonyl (C=O) groups is 1. The predicted octanol–water partition coefficient (Wildman–Crippen LogP) is 3.46. The van der Waals surface area contributed by atoms with E-state index in [2.05, 4.69) is 19.7 Å². The molecule has 1 fully saturated rings. The van der Waals surface area contributed by atoms with Crippen LogP contribution in [0.4, 0.5) is 5.82 Å². The van der Waals surface area contributed by atoms with Gasteiger partial charge in [-0.2, -0.15) is 4.37 Å². The van der Waals surface area contributed by atoms with E-state index in [0.717, 1.165) is 16.4 Å². The molecule has 0 aliphatic heterocycles. The Kier molecular flexibility index (Phi) is 3.49. The molecule has 1 aliphatic carbocycles. The highest BCUT2D eigenvalue weighted by molar-refractivity contribution is 7.09. The minimum Gasteiger partial charge on any atom is -0.310 e. The van der Waals surface area contributed by atoms with Crippen LogP contribution < -0.4 is 5.32 Å². The van der Waals surface area contributed by atoms with Crippen molar-refractivity contribution in [2.45, 2.75) is 39.5 Å². The quantitative estimate of drug-likeness (QED) is 0.942. The number of nitrogens with zero attached hydrogens (tertiary/aromatic N) is 3. The van der Waals surface area contributed by atoms with E-state index in [-0.39, 0.29) is 5.91 Å². The summed E-state index contributed by atoms with van der Waals surface area (Å²) in [5.74, 6) is 2.04. The number of anilines is 1. The van der Waals surface area contributed by atoms with Crippen molar-refractivity contribution in [1.29, 1.82) is 0 Å². The van der Waals surface area contributed by atoms with Crippen LogP contribution in [0.5, 0.6) is 0 Å². The lowest BCUT2D eigenvalue weighted by atomic mass is 9.96. The largest absolute Gasteiger partial charge is 0.310 e. The van der Waals surface area contributed by atoms with Crippen molar-refractivity contribution < 1.29 is 4.79 Å². The lowest BCUT2D eigenvalue weighted by Gasteiger charge is -2.17. The van der Waals surface area contributed by atoms with Crippen LogP contribution in [0.2, 0.25) is 0 Å². The normalized spacial score (nSPS) is 15.0. The van der Waals surface area contributed by atoms with Gasteiger partial charge in [0.25, 0.3) is 0 Å². The summed E-state index contributed by atoms with van der Waals surface area (Å²) in [7, 11) is 0. The average molecular weight is 302 g/mol. The van der Waals surface area contributed by atoms with Gasteiger partial charge in [-0.1, -0.05) is 20.8 Å². The third-order valence-electron chi connectivity index (χ3n) is 3.32. The zero-order chi connectivity index (χ0) is 15.0. The fraction of sp³-hybridized carbons (Fsp3) is 0.467. The first kappa shape index (κ1) is 14.1. The maximum Gasteiger partial charge on any atom is 0.230 e. The summed E-state index contributed by atoms with van der Waals surface area (Å²) in [5, 5.41) is 3.70. The zero-order valence-electron chi connectivity index (χ0n) is 12.4. The Bertz CT molecular complexity index is 653. The zero-order valence-corrected chi connectivity index (χ0v) is 13.2. The smallest absolute Gasteiger partial charge is 0.230 e. The number of rotatable bonds is 3. The molecule has 1 saturated carbocycles. The molecule has 2 heterocycles. The number of nitrogens with one attached hydrogen (secondary N) is 1. The van der Waals surface area contributed by atoms with Crippen LogP contribution in [0, 0.1) is 5.41 Å². The standard InChI is InChI=1S/C15H18N4OS/c1-15(2,3)14(20)17-11-7-6-10(8-16-11)13-18-12(19-21-13)9-4-5-9/h6-9H,4-5H2,1-3H3,(H,16,17,20). The van der Waals surface area contributed by atoms with Crippen molar-refractivity contribution >= 4 is 23.3 Å². The molecule has 110 valence electrons. The van der Waals surface area contributed by atoms with Gasteiger partial charge < -0.3 is 5.32 Å². The second-order valence-corrected chi connectivity index (χ2v) is 7.12. The third-order valence-corrected chi connectivity index (χ3v) is 4.10. The highest BCUT2D eigenvalue weighted by Crippen LogP contribution is 2.39. The van der Waals surface area contributed by atoms with Crippen molar-refractivity contribution in [3.63, 3.8) is 0 Å². The highest BCUT2D eigenvalue weighted by atomic mass is 32.1. The molecule has 6 heteroatoms. The molecule has 5 nitrogen and oxygen atoms in total. The van der Waals surface area contributed by atoms with Gasteiger partial charge in [-0.3, -0.25) is 4.79 Å². The summed E-state index contributed by atoms with van der Waals surface area (Å²) in [6.45, 7) is 5.62. The van der Waals surface area contributed by atoms with E-state index >= 15 is 0 Å². The maximum atomic E-state index is 11.9. The molecule has 1 aliphatic rings. The molecule has 0 radical (unpaired) electrons. The van der Waals surface area contributed by atoms with Gasteiger partial charge in [0.05, 0.1) is 0 Å². The first-order valence-electron chi connectivity index (χ1n) is 7.05. The third kappa shape index (κ3) is 3.26. The minimum absolute atomic E-state index is 0.0466. The van der Waals surface area contributed by atoms with Gasteiger partial charge in [0, 0.05) is 23.1 Å². The van der Waals surface area contributed by atoms with Gasteiger partial charge in [-0.05, 0) is 36.5 Å². The molecule has 0 unspecified atom stereocenters. The van der Waals surface area contributed by atoms with E-state index in [1.54, 1.807) is 12.3 Å². The first-order valence-corrected chi connectivity index (χ1v) is 7.82. The van der Waals surface area contributed by atoms with E-state index in [1.165, 1.54) is 24.4 Å². The molecular weight excluding hydrogens is 284 g/mol. The molecule has 2 aromatic heterocycles. The molecular formula is C15H18N4OS. The van der Waals surface area contributed by atoms with Crippen LogP contribution in [0.1, 0.15) is 45.4 Å². The highest BCUT2D eigenvalue weighted by Gasteiger charge is 2.28. The van der Waals surface area contributed by atoms with Crippen molar-refractivity contribution in [3.8, 4) is 10.6 Å². The Morgan fingerprint density at radius 3 is 2.67 bits per heavy atom. The molecule has 1 amide bonds. The van der Waals surface area contributed by atoms with Crippen LogP contribution in [0.15, 0.2) is 18.3 Å². The van der Waals surface area contributed by atoms with Crippen molar-refractivity contribution in [2.75, 3.05) is 5.32 Å². The Labute approximate surface area is 128 Å². The van der Waals surface area contributed by atoms with Gasteiger partial charge >= 0.3 is 0 Å². The Hall–Kier alpha value is -1.82. The Morgan fingerprint density at radius 2 is 2.10 bits per heavy atom.